The van der Waals surface area contributed by atoms with E-state index < -0.39 is 11.9 Å². The first-order valence-electron chi connectivity index (χ1n) is 10.2. The number of carbonyl (C=O) groups excluding carboxylic acids is 4. The third-order valence-corrected chi connectivity index (χ3v) is 5.81. The van der Waals surface area contributed by atoms with Crippen LogP contribution in [0.15, 0.2) is 42.8 Å². The summed E-state index contributed by atoms with van der Waals surface area (Å²) in [5.41, 5.74) is 2.18. The Labute approximate surface area is 181 Å². The molecular formula is C23H27N3O5. The standard InChI is InChI=1S/C23H27N3O5/c1-13(23(30)31-4)24-21(28)14(2)26-12-20-18(9-6-10-19(20)22(26)29)16-7-5-8-17(11-16)25-15(3)27/h6,9-10,16-17H,1-2,5,7-8,11-12H2,3-4H3,(H,24,28)(H,25,27). The van der Waals surface area contributed by atoms with E-state index in [2.05, 4.69) is 28.5 Å². The van der Waals surface area contributed by atoms with E-state index in [0.29, 0.717) is 5.56 Å². The van der Waals surface area contributed by atoms with Gasteiger partial charge >= 0.3 is 5.97 Å². The number of methoxy groups -OCH3 is 1. The molecule has 1 aliphatic heterocycles. The van der Waals surface area contributed by atoms with Crippen LogP contribution >= 0.6 is 0 Å². The van der Waals surface area contributed by atoms with Crippen molar-refractivity contribution in [3.63, 3.8) is 0 Å². The maximum absolute atomic E-state index is 13.0. The van der Waals surface area contributed by atoms with Gasteiger partial charge in [-0.15, -0.1) is 0 Å². The van der Waals surface area contributed by atoms with Gasteiger partial charge in [0.25, 0.3) is 11.8 Å². The van der Waals surface area contributed by atoms with Gasteiger partial charge in [-0.1, -0.05) is 31.7 Å². The Morgan fingerprint density at radius 3 is 2.61 bits per heavy atom. The van der Waals surface area contributed by atoms with E-state index in [0.717, 1.165) is 36.8 Å². The summed E-state index contributed by atoms with van der Waals surface area (Å²) in [6.45, 7) is 8.95. The first kappa shape index (κ1) is 22.3. The molecule has 2 atom stereocenters. The fraction of sp³-hybridized carbons (Fsp3) is 0.391. The molecule has 3 amide bonds. The molecule has 3 rings (SSSR count). The van der Waals surface area contributed by atoms with Gasteiger partial charge in [-0.2, -0.15) is 0 Å². The molecule has 2 unspecified atom stereocenters. The molecule has 0 radical (unpaired) electrons. The lowest BCUT2D eigenvalue weighted by Gasteiger charge is -2.31. The maximum atomic E-state index is 13.0. The largest absolute Gasteiger partial charge is 0.464 e. The predicted octanol–water partition coefficient (Wildman–Crippen LogP) is 2.12. The molecule has 8 nitrogen and oxygen atoms in total. The van der Waals surface area contributed by atoms with Crippen LogP contribution in [-0.4, -0.2) is 41.7 Å². The fourth-order valence-corrected chi connectivity index (χ4v) is 4.35. The van der Waals surface area contributed by atoms with Crippen molar-refractivity contribution in [1.29, 1.82) is 0 Å². The number of hydrogen-bond acceptors (Lipinski definition) is 5. The number of hydrogen-bond donors (Lipinski definition) is 2. The molecule has 0 aromatic heterocycles. The lowest BCUT2D eigenvalue weighted by molar-refractivity contribution is -0.137. The quantitative estimate of drug-likeness (QED) is 0.537. The van der Waals surface area contributed by atoms with E-state index >= 15 is 0 Å². The summed E-state index contributed by atoms with van der Waals surface area (Å²) in [6, 6.07) is 5.72. The lowest BCUT2D eigenvalue weighted by atomic mass is 9.79. The first-order chi connectivity index (χ1) is 14.7. The zero-order chi connectivity index (χ0) is 22.7. The zero-order valence-corrected chi connectivity index (χ0v) is 17.8. The van der Waals surface area contributed by atoms with Gasteiger partial charge in [0.2, 0.25) is 5.91 Å². The van der Waals surface area contributed by atoms with Crippen molar-refractivity contribution in [2.24, 2.45) is 0 Å². The van der Waals surface area contributed by atoms with Gasteiger partial charge < -0.3 is 15.4 Å². The van der Waals surface area contributed by atoms with E-state index in [-0.39, 0.29) is 41.7 Å². The summed E-state index contributed by atoms with van der Waals surface area (Å²) in [5, 5.41) is 5.32. The van der Waals surface area contributed by atoms with Crippen LogP contribution < -0.4 is 10.6 Å². The SMILES string of the molecule is C=C(NC(=O)C(=C)N1Cc2c(cccc2C2CCCC(NC(C)=O)C2)C1=O)C(=O)OC. The third-order valence-electron chi connectivity index (χ3n) is 5.81. The van der Waals surface area contributed by atoms with E-state index in [4.69, 9.17) is 0 Å². The second-order valence-electron chi connectivity index (χ2n) is 7.90. The molecule has 0 spiro atoms. The Balaban J connectivity index is 1.77. The predicted molar refractivity (Wildman–Crippen MR) is 114 cm³/mol. The van der Waals surface area contributed by atoms with E-state index in [1.165, 1.54) is 18.9 Å². The molecule has 164 valence electrons. The maximum Gasteiger partial charge on any atom is 0.353 e. The summed E-state index contributed by atoms with van der Waals surface area (Å²) < 4.78 is 4.52. The highest BCUT2D eigenvalue weighted by Crippen LogP contribution is 2.39. The van der Waals surface area contributed by atoms with Crippen molar-refractivity contribution < 1.29 is 23.9 Å². The van der Waals surface area contributed by atoms with Crippen molar-refractivity contribution in [2.45, 2.75) is 51.1 Å². The van der Waals surface area contributed by atoms with Crippen LogP contribution in [0.2, 0.25) is 0 Å². The highest BCUT2D eigenvalue weighted by molar-refractivity contribution is 6.07. The monoisotopic (exact) mass is 425 g/mol. The van der Waals surface area contributed by atoms with Crippen molar-refractivity contribution in [3.05, 3.63) is 59.4 Å². The van der Waals surface area contributed by atoms with Crippen LogP contribution in [0, 0.1) is 0 Å². The molecule has 1 aromatic rings. The number of carbonyl (C=O) groups is 4. The molecule has 1 heterocycles. The summed E-state index contributed by atoms with van der Waals surface area (Å²) in [6.07, 6.45) is 3.71. The van der Waals surface area contributed by atoms with Crippen LogP contribution in [-0.2, 0) is 25.7 Å². The van der Waals surface area contributed by atoms with Gasteiger partial charge in [0, 0.05) is 18.5 Å². The van der Waals surface area contributed by atoms with Gasteiger partial charge in [-0.3, -0.25) is 19.3 Å². The average Bonchev–Trinajstić information content (AvgIpc) is 3.08. The highest BCUT2D eigenvalue weighted by atomic mass is 16.5. The van der Waals surface area contributed by atoms with E-state index in [1.807, 2.05) is 12.1 Å². The first-order valence-corrected chi connectivity index (χ1v) is 10.2. The zero-order valence-electron chi connectivity index (χ0n) is 17.8. The summed E-state index contributed by atoms with van der Waals surface area (Å²) in [5.74, 6) is -1.60. The van der Waals surface area contributed by atoms with Gasteiger partial charge in [0.05, 0.1) is 13.7 Å². The topological polar surface area (TPSA) is 105 Å². The minimum atomic E-state index is -0.773. The Bertz CT molecular complexity index is 968. The minimum absolute atomic E-state index is 0.0406. The summed E-state index contributed by atoms with van der Waals surface area (Å²) in [4.78, 5) is 49.7. The number of nitrogens with one attached hydrogen (secondary N) is 2. The van der Waals surface area contributed by atoms with Gasteiger partial charge in [-0.05, 0) is 42.4 Å². The molecule has 31 heavy (non-hydrogen) atoms. The molecule has 2 aliphatic rings. The summed E-state index contributed by atoms with van der Waals surface area (Å²) >= 11 is 0. The van der Waals surface area contributed by atoms with Gasteiger partial charge in [0.1, 0.15) is 11.4 Å². The number of ether oxygens (including phenoxy) is 1. The second-order valence-corrected chi connectivity index (χ2v) is 7.90. The van der Waals surface area contributed by atoms with Crippen molar-refractivity contribution in [3.8, 4) is 0 Å². The fourth-order valence-electron chi connectivity index (χ4n) is 4.35. The Morgan fingerprint density at radius 2 is 1.94 bits per heavy atom. The van der Waals surface area contributed by atoms with Crippen LogP contribution in [0.3, 0.4) is 0 Å². The van der Waals surface area contributed by atoms with Gasteiger partial charge in [0.15, 0.2) is 0 Å². The van der Waals surface area contributed by atoms with Crippen molar-refractivity contribution >= 4 is 23.7 Å². The highest BCUT2D eigenvalue weighted by Gasteiger charge is 2.35. The Kier molecular flexibility index (Phi) is 6.58. The smallest absolute Gasteiger partial charge is 0.353 e. The lowest BCUT2D eigenvalue weighted by Crippen LogP contribution is -2.36. The molecule has 2 N–H and O–H groups in total. The molecule has 1 aliphatic carbocycles. The molecule has 0 bridgehead atoms. The molecule has 1 fully saturated rings. The molecular weight excluding hydrogens is 398 g/mol. The van der Waals surface area contributed by atoms with Crippen LogP contribution in [0.25, 0.3) is 0 Å². The summed E-state index contributed by atoms with van der Waals surface area (Å²) in [7, 11) is 1.18. The number of esters is 1. The number of rotatable bonds is 6. The van der Waals surface area contributed by atoms with Gasteiger partial charge in [-0.25, -0.2) is 4.79 Å². The number of amides is 3. The number of nitrogens with zero attached hydrogens (tertiary/aromatic N) is 1. The number of fused-ring (bicyclic) bond motifs is 1. The van der Waals surface area contributed by atoms with Crippen LogP contribution in [0.4, 0.5) is 0 Å². The molecule has 8 heteroatoms. The Hall–Kier alpha value is -3.42. The second kappa shape index (κ2) is 9.16. The van der Waals surface area contributed by atoms with Crippen molar-refractivity contribution in [2.75, 3.05) is 7.11 Å². The molecule has 0 saturated heterocycles. The molecule has 1 aromatic carbocycles. The minimum Gasteiger partial charge on any atom is -0.464 e. The Morgan fingerprint density at radius 1 is 1.19 bits per heavy atom. The van der Waals surface area contributed by atoms with Crippen molar-refractivity contribution in [1.82, 2.24) is 15.5 Å². The average molecular weight is 425 g/mol. The molecule has 1 saturated carbocycles. The third kappa shape index (κ3) is 4.68. The van der Waals surface area contributed by atoms with Crippen LogP contribution in [0.5, 0.6) is 0 Å². The van der Waals surface area contributed by atoms with E-state index in [1.54, 1.807) is 6.07 Å². The number of benzene rings is 1. The van der Waals surface area contributed by atoms with Crippen LogP contribution in [0.1, 0.15) is 60.0 Å². The normalized spacial score (nSPS) is 19.9. The van der Waals surface area contributed by atoms with E-state index in [9.17, 15) is 19.2 Å².